The Hall–Kier alpha value is -3.81. The maximum absolute atomic E-state index is 13.1. The van der Waals surface area contributed by atoms with Crippen LogP contribution in [-0.4, -0.2) is 65.4 Å². The number of ether oxygens (including phenoxy) is 1. The molecule has 1 aliphatic rings. The van der Waals surface area contributed by atoms with E-state index in [4.69, 9.17) is 4.74 Å². The first-order chi connectivity index (χ1) is 19.5. The first-order valence-corrected chi connectivity index (χ1v) is 13.2. The summed E-state index contributed by atoms with van der Waals surface area (Å²) < 4.78 is 82.2. The molecule has 3 aromatic rings. The number of rotatable bonds is 11. The molecule has 1 aromatic heterocycles. The van der Waals surface area contributed by atoms with E-state index < -0.39 is 30.5 Å². The zero-order chi connectivity index (χ0) is 29.5. The van der Waals surface area contributed by atoms with Crippen molar-refractivity contribution in [2.75, 3.05) is 54.9 Å². The number of benzene rings is 2. The van der Waals surface area contributed by atoms with E-state index in [9.17, 15) is 26.3 Å². The third kappa shape index (κ3) is 9.37. The van der Waals surface area contributed by atoms with Gasteiger partial charge in [-0.2, -0.15) is 41.3 Å². The van der Waals surface area contributed by atoms with E-state index in [1.54, 1.807) is 0 Å². The second-order valence-electron chi connectivity index (χ2n) is 9.58. The molecule has 2 heterocycles. The monoisotopic (exact) mass is 583 g/mol. The zero-order valence-electron chi connectivity index (χ0n) is 22.4. The number of piperazine rings is 1. The Bertz CT molecular complexity index is 1280. The normalized spacial score (nSPS) is 14.7. The van der Waals surface area contributed by atoms with Crippen molar-refractivity contribution >= 4 is 23.3 Å². The van der Waals surface area contributed by atoms with E-state index in [2.05, 4.69) is 42.3 Å². The maximum atomic E-state index is 13.1. The van der Waals surface area contributed by atoms with Crippen LogP contribution < -0.4 is 20.3 Å². The average molecular weight is 584 g/mol. The minimum Gasteiger partial charge on any atom is -0.454 e. The lowest BCUT2D eigenvalue weighted by Crippen LogP contribution is -2.46. The third-order valence-electron chi connectivity index (χ3n) is 6.35. The Morgan fingerprint density at radius 1 is 0.878 bits per heavy atom. The van der Waals surface area contributed by atoms with Gasteiger partial charge in [-0.25, -0.2) is 0 Å². The van der Waals surface area contributed by atoms with Crippen LogP contribution in [0.15, 0.2) is 48.5 Å². The average Bonchev–Trinajstić information content (AvgIpc) is 2.94. The van der Waals surface area contributed by atoms with E-state index in [0.29, 0.717) is 0 Å². The topological polar surface area (TPSA) is 78.4 Å². The first-order valence-electron chi connectivity index (χ1n) is 13.2. The Kier molecular flexibility index (Phi) is 9.73. The van der Waals surface area contributed by atoms with E-state index in [1.807, 2.05) is 24.3 Å². The minimum absolute atomic E-state index is 0.0127. The number of halogens is 6. The van der Waals surface area contributed by atoms with Gasteiger partial charge in [0.25, 0.3) is 0 Å². The summed E-state index contributed by atoms with van der Waals surface area (Å²) >= 11 is 0. The van der Waals surface area contributed by atoms with Crippen molar-refractivity contribution in [3.8, 4) is 6.01 Å². The predicted octanol–water partition coefficient (Wildman–Crippen LogP) is 6.11. The quantitative estimate of drug-likeness (QED) is 0.262. The molecule has 2 aromatic carbocycles. The molecule has 2 N–H and O–H groups in total. The van der Waals surface area contributed by atoms with Crippen LogP contribution in [0.1, 0.15) is 30.9 Å². The van der Waals surface area contributed by atoms with Crippen LogP contribution in [0.5, 0.6) is 6.01 Å². The summed E-state index contributed by atoms with van der Waals surface area (Å²) in [5.41, 5.74) is 1.00. The summed E-state index contributed by atoms with van der Waals surface area (Å²) in [6.07, 6.45) is -6.88. The van der Waals surface area contributed by atoms with E-state index >= 15 is 0 Å². The second kappa shape index (κ2) is 13.2. The van der Waals surface area contributed by atoms with E-state index in [-0.39, 0.29) is 24.1 Å². The van der Waals surface area contributed by atoms with Gasteiger partial charge >= 0.3 is 18.4 Å². The van der Waals surface area contributed by atoms with Crippen molar-refractivity contribution in [3.05, 3.63) is 59.7 Å². The van der Waals surface area contributed by atoms with Crippen LogP contribution in [0.3, 0.4) is 0 Å². The molecule has 1 aliphatic heterocycles. The highest BCUT2D eigenvalue weighted by molar-refractivity contribution is 5.56. The molecule has 0 unspecified atom stereocenters. The van der Waals surface area contributed by atoms with Crippen LogP contribution in [0.4, 0.5) is 49.6 Å². The van der Waals surface area contributed by atoms with Crippen LogP contribution in [0.25, 0.3) is 0 Å². The molecule has 222 valence electrons. The molecule has 0 saturated carbocycles. The summed E-state index contributed by atoms with van der Waals surface area (Å²) in [7, 11) is 0. The largest absolute Gasteiger partial charge is 0.454 e. The number of hydrogen-bond donors (Lipinski definition) is 2. The van der Waals surface area contributed by atoms with Crippen molar-refractivity contribution in [1.29, 1.82) is 0 Å². The fraction of sp³-hybridized carbons (Fsp3) is 0.444. The number of nitrogens with one attached hydrogen (secondary N) is 2. The van der Waals surface area contributed by atoms with E-state index in [0.717, 1.165) is 62.5 Å². The highest BCUT2D eigenvalue weighted by Crippen LogP contribution is 2.31. The predicted molar refractivity (Wildman–Crippen MR) is 143 cm³/mol. The molecular weight excluding hydrogens is 552 g/mol. The summed E-state index contributed by atoms with van der Waals surface area (Å²) in [6, 6.07) is 11.5. The van der Waals surface area contributed by atoms with Gasteiger partial charge in [0, 0.05) is 44.1 Å². The van der Waals surface area contributed by atoms with Gasteiger partial charge in [0.05, 0.1) is 5.56 Å². The van der Waals surface area contributed by atoms with Gasteiger partial charge in [-0.15, -0.1) is 0 Å². The van der Waals surface area contributed by atoms with E-state index in [1.165, 1.54) is 18.6 Å². The minimum atomic E-state index is -4.64. The Morgan fingerprint density at radius 3 is 2.32 bits per heavy atom. The standard InChI is InChI=1S/C27H31F6N7O/c1-2-3-10-39-11-13-40(14-12-39)22-9-4-6-19(15-22)17-34-23-36-24(38-25(37-23)41-18-26(28,29)30)35-21-8-5-7-20(16-21)27(31,32)33/h4-9,15-16H,2-3,10-14,17-18H2,1H3,(H2,34,35,36,37,38). The van der Waals surface area contributed by atoms with Gasteiger partial charge in [0.1, 0.15) is 0 Å². The maximum Gasteiger partial charge on any atom is 0.422 e. The van der Waals surface area contributed by atoms with Crippen LogP contribution in [0, 0.1) is 0 Å². The fourth-order valence-corrected chi connectivity index (χ4v) is 4.26. The SMILES string of the molecule is CCCCN1CCN(c2cccc(CNc3nc(Nc4cccc(C(F)(F)F)c4)nc(OCC(F)(F)F)n3)c2)CC1. The number of nitrogens with zero attached hydrogens (tertiary/aromatic N) is 5. The van der Waals surface area contributed by atoms with Crippen molar-refractivity contribution in [2.45, 2.75) is 38.7 Å². The molecule has 14 heteroatoms. The van der Waals surface area contributed by atoms with Gasteiger partial charge in [-0.05, 0) is 48.9 Å². The smallest absolute Gasteiger partial charge is 0.422 e. The number of aromatic nitrogens is 3. The molecule has 0 amide bonds. The summed E-state index contributed by atoms with van der Waals surface area (Å²) in [5, 5.41) is 5.54. The van der Waals surface area contributed by atoms with Crippen molar-refractivity contribution in [1.82, 2.24) is 19.9 Å². The molecule has 0 spiro atoms. The van der Waals surface area contributed by atoms with Gasteiger partial charge < -0.3 is 20.3 Å². The molecule has 41 heavy (non-hydrogen) atoms. The molecule has 1 fully saturated rings. The second-order valence-corrected chi connectivity index (χ2v) is 9.58. The number of unbranched alkanes of at least 4 members (excludes halogenated alkanes) is 1. The summed E-state index contributed by atoms with van der Waals surface area (Å²) in [6.45, 7) is 5.63. The summed E-state index contributed by atoms with van der Waals surface area (Å²) in [5.74, 6) is -0.393. The zero-order valence-corrected chi connectivity index (χ0v) is 22.4. The fourth-order valence-electron chi connectivity index (χ4n) is 4.26. The lowest BCUT2D eigenvalue weighted by atomic mass is 10.1. The molecule has 0 radical (unpaired) electrons. The molecule has 1 saturated heterocycles. The highest BCUT2D eigenvalue weighted by atomic mass is 19.4. The van der Waals surface area contributed by atoms with Gasteiger partial charge in [-0.1, -0.05) is 31.5 Å². The van der Waals surface area contributed by atoms with Crippen LogP contribution in [0.2, 0.25) is 0 Å². The molecule has 0 bridgehead atoms. The number of hydrogen-bond acceptors (Lipinski definition) is 8. The molecule has 0 aliphatic carbocycles. The molecular formula is C27H31F6N7O. The Morgan fingerprint density at radius 2 is 1.61 bits per heavy atom. The lowest BCUT2D eigenvalue weighted by Gasteiger charge is -2.36. The van der Waals surface area contributed by atoms with Gasteiger partial charge in [0.2, 0.25) is 11.9 Å². The molecule has 8 nitrogen and oxygen atoms in total. The summed E-state index contributed by atoms with van der Waals surface area (Å²) in [4.78, 5) is 16.6. The lowest BCUT2D eigenvalue weighted by molar-refractivity contribution is -0.154. The molecule has 0 atom stereocenters. The molecule has 4 rings (SSSR count). The van der Waals surface area contributed by atoms with Crippen molar-refractivity contribution in [2.24, 2.45) is 0 Å². The Balaban J connectivity index is 1.46. The first kappa shape index (κ1) is 30.2. The highest BCUT2D eigenvalue weighted by Gasteiger charge is 2.31. The van der Waals surface area contributed by atoms with Crippen molar-refractivity contribution < 1.29 is 31.1 Å². The van der Waals surface area contributed by atoms with Gasteiger partial charge in [0.15, 0.2) is 6.61 Å². The van der Waals surface area contributed by atoms with Crippen molar-refractivity contribution in [3.63, 3.8) is 0 Å². The Labute approximate surface area is 233 Å². The van der Waals surface area contributed by atoms with Crippen LogP contribution >= 0.6 is 0 Å². The number of alkyl halides is 6. The van der Waals surface area contributed by atoms with Gasteiger partial charge in [-0.3, -0.25) is 4.90 Å². The van der Waals surface area contributed by atoms with Crippen LogP contribution in [-0.2, 0) is 12.7 Å². The number of anilines is 4. The third-order valence-corrected chi connectivity index (χ3v) is 6.35.